The number of rotatable bonds is 3. The van der Waals surface area contributed by atoms with Crippen molar-refractivity contribution in [2.45, 2.75) is 57.9 Å². The van der Waals surface area contributed by atoms with Gasteiger partial charge in [-0.2, -0.15) is 0 Å². The molecule has 1 aromatic carbocycles. The van der Waals surface area contributed by atoms with Crippen LogP contribution in [-0.2, 0) is 0 Å². The molecule has 1 aromatic rings. The van der Waals surface area contributed by atoms with Crippen molar-refractivity contribution < 1.29 is 9.59 Å². The molecule has 0 bridgehead atoms. The lowest BCUT2D eigenvalue weighted by Gasteiger charge is -2.34. The van der Waals surface area contributed by atoms with Gasteiger partial charge in [0.1, 0.15) is 0 Å². The van der Waals surface area contributed by atoms with Crippen LogP contribution in [0.1, 0.15) is 67.8 Å². The summed E-state index contributed by atoms with van der Waals surface area (Å²) in [6.45, 7) is 7.23. The Labute approximate surface area is 156 Å². The molecule has 142 valence electrons. The minimum absolute atomic E-state index is 0.0187. The van der Waals surface area contributed by atoms with E-state index in [0.717, 1.165) is 57.4 Å². The first-order valence-electron chi connectivity index (χ1n) is 9.99. The van der Waals surface area contributed by atoms with E-state index in [-0.39, 0.29) is 18.0 Å². The predicted molar refractivity (Wildman–Crippen MR) is 103 cm³/mol. The smallest absolute Gasteiger partial charge is 0.317 e. The van der Waals surface area contributed by atoms with Gasteiger partial charge in [-0.3, -0.25) is 4.79 Å². The van der Waals surface area contributed by atoms with Crippen molar-refractivity contribution >= 4 is 11.9 Å². The summed E-state index contributed by atoms with van der Waals surface area (Å²) in [6, 6.07) is 8.22. The second kappa shape index (κ2) is 8.56. The molecule has 0 spiro atoms. The third kappa shape index (κ3) is 4.57. The van der Waals surface area contributed by atoms with Crippen LogP contribution in [-0.4, -0.2) is 54.0 Å². The molecule has 2 aliphatic heterocycles. The van der Waals surface area contributed by atoms with Gasteiger partial charge in [-0.1, -0.05) is 12.1 Å². The van der Waals surface area contributed by atoms with Gasteiger partial charge in [0.2, 0.25) is 0 Å². The van der Waals surface area contributed by atoms with Crippen LogP contribution in [0, 0.1) is 0 Å². The third-order valence-electron chi connectivity index (χ3n) is 5.37. The number of hydrogen-bond acceptors (Lipinski definition) is 2. The van der Waals surface area contributed by atoms with Crippen LogP contribution in [0.15, 0.2) is 24.3 Å². The van der Waals surface area contributed by atoms with Crippen molar-refractivity contribution in [3.8, 4) is 0 Å². The van der Waals surface area contributed by atoms with E-state index in [1.807, 2.05) is 41.8 Å². The maximum Gasteiger partial charge on any atom is 0.317 e. The Morgan fingerprint density at radius 1 is 1.04 bits per heavy atom. The monoisotopic (exact) mass is 357 g/mol. The highest BCUT2D eigenvalue weighted by molar-refractivity contribution is 5.94. The van der Waals surface area contributed by atoms with Gasteiger partial charge in [-0.25, -0.2) is 4.79 Å². The number of carbonyl (C=O) groups excluding carboxylic acids is 2. The van der Waals surface area contributed by atoms with Crippen molar-refractivity contribution in [1.29, 1.82) is 0 Å². The average Bonchev–Trinajstić information content (AvgIpc) is 2.68. The first kappa shape index (κ1) is 18.7. The number of amides is 3. The Balaban J connectivity index is 1.69. The lowest BCUT2D eigenvalue weighted by Crippen LogP contribution is -2.47. The van der Waals surface area contributed by atoms with E-state index < -0.39 is 0 Å². The zero-order valence-electron chi connectivity index (χ0n) is 16.0. The predicted octanol–water partition coefficient (Wildman–Crippen LogP) is 3.61. The molecule has 5 heteroatoms. The molecule has 2 fully saturated rings. The van der Waals surface area contributed by atoms with Crippen molar-refractivity contribution in [3.63, 3.8) is 0 Å². The number of piperidine rings is 2. The summed E-state index contributed by atoms with van der Waals surface area (Å²) in [5.74, 6) is 0.451. The van der Waals surface area contributed by atoms with Crippen LogP contribution in [0.5, 0.6) is 0 Å². The van der Waals surface area contributed by atoms with Gasteiger partial charge in [0.25, 0.3) is 5.91 Å². The minimum Gasteiger partial charge on any atom is -0.339 e. The fourth-order valence-corrected chi connectivity index (χ4v) is 3.98. The molecule has 0 aliphatic carbocycles. The van der Waals surface area contributed by atoms with E-state index in [1.54, 1.807) is 0 Å². The van der Waals surface area contributed by atoms with Crippen LogP contribution in [0.25, 0.3) is 0 Å². The van der Waals surface area contributed by atoms with Gasteiger partial charge in [0.15, 0.2) is 0 Å². The Hall–Kier alpha value is -2.04. The molecular formula is C21H31N3O2. The van der Waals surface area contributed by atoms with Crippen LogP contribution in [0.4, 0.5) is 4.79 Å². The molecule has 3 amide bonds. The van der Waals surface area contributed by atoms with E-state index >= 15 is 0 Å². The fraction of sp³-hybridized carbons (Fsp3) is 0.619. The summed E-state index contributed by atoms with van der Waals surface area (Å²) >= 11 is 0. The summed E-state index contributed by atoms with van der Waals surface area (Å²) in [5.41, 5.74) is 1.96. The summed E-state index contributed by atoms with van der Waals surface area (Å²) in [4.78, 5) is 29.0. The number of nitrogens with one attached hydrogen (secondary N) is 1. The zero-order valence-corrected chi connectivity index (χ0v) is 16.0. The number of carbonyl (C=O) groups is 2. The molecule has 2 saturated heterocycles. The average molecular weight is 357 g/mol. The quantitative estimate of drug-likeness (QED) is 0.898. The third-order valence-corrected chi connectivity index (χ3v) is 5.37. The normalized spacial score (nSPS) is 21.0. The van der Waals surface area contributed by atoms with Gasteiger partial charge in [0, 0.05) is 43.7 Å². The van der Waals surface area contributed by atoms with E-state index in [9.17, 15) is 9.59 Å². The summed E-state index contributed by atoms with van der Waals surface area (Å²) in [5, 5.41) is 2.98. The zero-order chi connectivity index (χ0) is 18.5. The molecule has 0 unspecified atom stereocenters. The summed E-state index contributed by atoms with van der Waals surface area (Å²) < 4.78 is 0. The van der Waals surface area contributed by atoms with E-state index in [1.165, 1.54) is 12.0 Å². The minimum atomic E-state index is 0.0187. The maximum atomic E-state index is 12.8. The molecule has 26 heavy (non-hydrogen) atoms. The van der Waals surface area contributed by atoms with Gasteiger partial charge >= 0.3 is 6.03 Å². The highest BCUT2D eigenvalue weighted by atomic mass is 16.2. The SMILES string of the molecule is CC(C)NC(=O)N1CCC[C@@H](c2cccc(C(=O)N3CCCCC3)c2)C1. The van der Waals surface area contributed by atoms with Gasteiger partial charge in [0.05, 0.1) is 0 Å². The molecule has 5 nitrogen and oxygen atoms in total. The molecular weight excluding hydrogens is 326 g/mol. The van der Waals surface area contributed by atoms with Crippen molar-refractivity contribution in [1.82, 2.24) is 15.1 Å². The highest BCUT2D eigenvalue weighted by Crippen LogP contribution is 2.28. The molecule has 1 atom stereocenters. The Kier molecular flexibility index (Phi) is 6.17. The Bertz CT molecular complexity index is 638. The van der Waals surface area contributed by atoms with Crippen molar-refractivity contribution in [2.24, 2.45) is 0 Å². The van der Waals surface area contributed by atoms with E-state index in [4.69, 9.17) is 0 Å². The molecule has 2 aliphatic rings. The number of hydrogen-bond donors (Lipinski definition) is 1. The van der Waals surface area contributed by atoms with Crippen LogP contribution in [0.3, 0.4) is 0 Å². The number of urea groups is 1. The first-order chi connectivity index (χ1) is 12.5. The molecule has 0 aromatic heterocycles. The summed E-state index contributed by atoms with van der Waals surface area (Å²) in [6.07, 6.45) is 5.50. The Morgan fingerprint density at radius 3 is 2.50 bits per heavy atom. The second-order valence-corrected chi connectivity index (χ2v) is 7.87. The molecule has 3 rings (SSSR count). The standard InChI is InChI=1S/C21H31N3O2/c1-16(2)22-21(26)24-13-7-10-19(15-24)17-8-6-9-18(14-17)20(25)23-11-4-3-5-12-23/h6,8-9,14,16,19H,3-5,7,10-13,15H2,1-2H3,(H,22,26)/t19-/m1/s1. The molecule has 0 radical (unpaired) electrons. The van der Waals surface area contributed by atoms with Gasteiger partial charge in [-0.05, 0) is 63.6 Å². The molecule has 2 heterocycles. The number of likely N-dealkylation sites (tertiary alicyclic amines) is 2. The van der Waals surface area contributed by atoms with Crippen LogP contribution < -0.4 is 5.32 Å². The van der Waals surface area contributed by atoms with Crippen LogP contribution in [0.2, 0.25) is 0 Å². The molecule has 1 N–H and O–H groups in total. The topological polar surface area (TPSA) is 52.7 Å². The second-order valence-electron chi connectivity index (χ2n) is 7.87. The Morgan fingerprint density at radius 2 is 1.77 bits per heavy atom. The van der Waals surface area contributed by atoms with Crippen LogP contribution >= 0.6 is 0 Å². The summed E-state index contributed by atoms with van der Waals surface area (Å²) in [7, 11) is 0. The van der Waals surface area contributed by atoms with E-state index in [0.29, 0.717) is 5.92 Å². The van der Waals surface area contributed by atoms with Crippen molar-refractivity contribution in [2.75, 3.05) is 26.2 Å². The highest BCUT2D eigenvalue weighted by Gasteiger charge is 2.26. The van der Waals surface area contributed by atoms with Crippen molar-refractivity contribution in [3.05, 3.63) is 35.4 Å². The van der Waals surface area contributed by atoms with Gasteiger partial charge < -0.3 is 15.1 Å². The number of benzene rings is 1. The molecule has 0 saturated carbocycles. The maximum absolute atomic E-state index is 12.8. The van der Waals surface area contributed by atoms with Gasteiger partial charge in [-0.15, -0.1) is 0 Å². The first-order valence-corrected chi connectivity index (χ1v) is 9.99. The lowest BCUT2D eigenvalue weighted by molar-refractivity contribution is 0.0724. The number of nitrogens with zero attached hydrogens (tertiary/aromatic N) is 2. The fourth-order valence-electron chi connectivity index (χ4n) is 3.98. The van der Waals surface area contributed by atoms with E-state index in [2.05, 4.69) is 11.4 Å². The lowest BCUT2D eigenvalue weighted by atomic mass is 9.89. The largest absolute Gasteiger partial charge is 0.339 e.